The summed E-state index contributed by atoms with van der Waals surface area (Å²) < 4.78 is 4.93. The molecule has 0 aliphatic rings. The third-order valence-electron chi connectivity index (χ3n) is 2.17. The molecular weight excluding hydrogens is 224 g/mol. The minimum absolute atomic E-state index is 0.0871. The second kappa shape index (κ2) is 5.83. The first-order chi connectivity index (χ1) is 8.06. The molecule has 1 aromatic carbocycles. The quantitative estimate of drug-likeness (QED) is 0.279. The first-order valence-electron chi connectivity index (χ1n) is 5.29. The zero-order valence-electron chi connectivity index (χ0n) is 9.51. The zero-order valence-corrected chi connectivity index (χ0v) is 9.51. The molecular formula is C11H14N2O4. The Bertz CT molecular complexity index is 431. The molecule has 0 amide bonds. The Morgan fingerprint density at radius 3 is 2.82 bits per heavy atom. The molecule has 0 aliphatic carbocycles. The lowest BCUT2D eigenvalue weighted by Crippen LogP contribution is -2.10. The van der Waals surface area contributed by atoms with Gasteiger partial charge >= 0.3 is 11.7 Å². The van der Waals surface area contributed by atoms with Crippen LogP contribution in [0.1, 0.15) is 26.2 Å². The van der Waals surface area contributed by atoms with Crippen molar-refractivity contribution in [3.05, 3.63) is 28.3 Å². The maximum Gasteiger partial charge on any atom is 0.313 e. The molecule has 1 aromatic rings. The number of esters is 1. The number of nitrogens with two attached hydrogens (primary N) is 1. The van der Waals surface area contributed by atoms with E-state index in [-0.39, 0.29) is 23.5 Å². The molecule has 6 nitrogen and oxygen atoms in total. The van der Waals surface area contributed by atoms with E-state index >= 15 is 0 Å². The molecule has 0 heterocycles. The molecule has 0 aliphatic heterocycles. The smallest absolute Gasteiger partial charge is 0.313 e. The number of carbonyl (C=O) groups excluding carboxylic acids is 1. The van der Waals surface area contributed by atoms with E-state index < -0.39 is 10.9 Å². The molecule has 17 heavy (non-hydrogen) atoms. The van der Waals surface area contributed by atoms with E-state index in [9.17, 15) is 14.9 Å². The lowest BCUT2D eigenvalue weighted by molar-refractivity contribution is -0.385. The molecule has 0 saturated heterocycles. The number of hydrogen-bond acceptors (Lipinski definition) is 5. The van der Waals surface area contributed by atoms with Crippen LogP contribution in [0.25, 0.3) is 0 Å². The number of nitrogen functional groups attached to an aromatic ring is 1. The molecule has 0 spiro atoms. The highest BCUT2D eigenvalue weighted by molar-refractivity contribution is 5.77. The van der Waals surface area contributed by atoms with Crippen molar-refractivity contribution in [1.82, 2.24) is 0 Å². The Morgan fingerprint density at radius 1 is 1.53 bits per heavy atom. The van der Waals surface area contributed by atoms with Crippen LogP contribution in [0.5, 0.6) is 5.75 Å². The summed E-state index contributed by atoms with van der Waals surface area (Å²) in [5.74, 6) is -0.675. The third kappa shape index (κ3) is 3.44. The van der Waals surface area contributed by atoms with Crippen LogP contribution in [0.2, 0.25) is 0 Å². The van der Waals surface area contributed by atoms with Crippen LogP contribution in [0.15, 0.2) is 18.2 Å². The van der Waals surface area contributed by atoms with E-state index in [4.69, 9.17) is 10.5 Å². The predicted molar refractivity (Wildman–Crippen MR) is 62.7 cm³/mol. The summed E-state index contributed by atoms with van der Waals surface area (Å²) in [6.45, 7) is 1.94. The van der Waals surface area contributed by atoms with Gasteiger partial charge in [-0.1, -0.05) is 19.4 Å². The highest BCUT2D eigenvalue weighted by Gasteiger charge is 2.20. The van der Waals surface area contributed by atoms with E-state index in [0.717, 1.165) is 6.42 Å². The van der Waals surface area contributed by atoms with Gasteiger partial charge < -0.3 is 10.5 Å². The summed E-state index contributed by atoms with van der Waals surface area (Å²) in [4.78, 5) is 21.5. The van der Waals surface area contributed by atoms with E-state index in [0.29, 0.717) is 6.42 Å². The van der Waals surface area contributed by atoms with E-state index in [1.807, 2.05) is 6.92 Å². The van der Waals surface area contributed by atoms with Gasteiger partial charge in [-0.15, -0.1) is 0 Å². The minimum atomic E-state index is -0.626. The second-order valence-corrected chi connectivity index (χ2v) is 3.53. The number of nitro groups is 1. The number of para-hydroxylation sites is 1. The van der Waals surface area contributed by atoms with Crippen molar-refractivity contribution in [3.63, 3.8) is 0 Å². The van der Waals surface area contributed by atoms with Gasteiger partial charge in [0.15, 0.2) is 0 Å². The average molecular weight is 238 g/mol. The van der Waals surface area contributed by atoms with Gasteiger partial charge in [0.1, 0.15) is 0 Å². The number of rotatable bonds is 5. The predicted octanol–water partition coefficient (Wildman–Crippen LogP) is 2.27. The first kappa shape index (κ1) is 13.0. The fourth-order valence-electron chi connectivity index (χ4n) is 1.28. The van der Waals surface area contributed by atoms with Crippen molar-refractivity contribution in [2.45, 2.75) is 26.2 Å². The maximum atomic E-state index is 11.4. The van der Waals surface area contributed by atoms with Gasteiger partial charge in [-0.2, -0.15) is 0 Å². The number of benzene rings is 1. The normalized spacial score (nSPS) is 9.94. The molecule has 6 heteroatoms. The number of nitro benzene ring substituents is 1. The third-order valence-corrected chi connectivity index (χ3v) is 2.17. The Hall–Kier alpha value is -2.11. The largest absolute Gasteiger partial charge is 0.417 e. The Labute approximate surface area is 98.5 Å². The van der Waals surface area contributed by atoms with Gasteiger partial charge in [0.25, 0.3) is 0 Å². The molecule has 0 aromatic heterocycles. The molecule has 0 bridgehead atoms. The minimum Gasteiger partial charge on any atom is -0.417 e. The van der Waals surface area contributed by atoms with Crippen molar-refractivity contribution in [1.29, 1.82) is 0 Å². The fraction of sp³-hybridized carbons (Fsp3) is 0.364. The van der Waals surface area contributed by atoms with Gasteiger partial charge in [-0.3, -0.25) is 14.9 Å². The molecule has 2 N–H and O–H groups in total. The Balaban J connectivity index is 2.89. The number of ether oxygens (including phenoxy) is 1. The van der Waals surface area contributed by atoms with Crippen LogP contribution in [0.3, 0.4) is 0 Å². The number of hydrogen-bond donors (Lipinski definition) is 1. The number of anilines is 1. The highest BCUT2D eigenvalue weighted by atomic mass is 16.6. The van der Waals surface area contributed by atoms with Crippen molar-refractivity contribution in [3.8, 4) is 5.75 Å². The van der Waals surface area contributed by atoms with Gasteiger partial charge in [0, 0.05) is 12.5 Å². The van der Waals surface area contributed by atoms with Crippen LogP contribution >= 0.6 is 0 Å². The lowest BCUT2D eigenvalue weighted by atomic mass is 10.2. The lowest BCUT2D eigenvalue weighted by Gasteiger charge is -2.06. The molecule has 0 radical (unpaired) electrons. The number of carbonyl (C=O) groups is 1. The number of nitrogens with zero attached hydrogens (tertiary/aromatic N) is 1. The summed E-state index contributed by atoms with van der Waals surface area (Å²) in [5, 5.41) is 10.7. The van der Waals surface area contributed by atoms with Crippen molar-refractivity contribution >= 4 is 17.3 Å². The Kier molecular flexibility index (Phi) is 4.45. The summed E-state index contributed by atoms with van der Waals surface area (Å²) in [6.07, 6.45) is 1.75. The summed E-state index contributed by atoms with van der Waals surface area (Å²) in [5.41, 5.74) is 5.35. The summed E-state index contributed by atoms with van der Waals surface area (Å²) >= 11 is 0. The van der Waals surface area contributed by atoms with Gasteiger partial charge in [-0.05, 0) is 12.5 Å². The molecule has 0 fully saturated rings. The van der Waals surface area contributed by atoms with Crippen LogP contribution < -0.4 is 10.5 Å². The monoisotopic (exact) mass is 238 g/mol. The fourth-order valence-corrected chi connectivity index (χ4v) is 1.28. The molecule has 92 valence electrons. The zero-order chi connectivity index (χ0) is 12.8. The average Bonchev–Trinajstić information content (AvgIpc) is 2.28. The van der Waals surface area contributed by atoms with Crippen molar-refractivity contribution in [2.75, 3.05) is 5.73 Å². The van der Waals surface area contributed by atoms with Crippen LogP contribution in [0, 0.1) is 10.1 Å². The van der Waals surface area contributed by atoms with Crippen LogP contribution in [-0.4, -0.2) is 10.9 Å². The molecule has 0 saturated carbocycles. The number of unbranched alkanes of at least 4 members (excludes halogenated alkanes) is 1. The summed E-state index contributed by atoms with van der Waals surface area (Å²) in [6, 6.07) is 4.14. The Morgan fingerprint density at radius 2 is 2.24 bits per heavy atom. The molecule has 0 atom stereocenters. The van der Waals surface area contributed by atoms with Gasteiger partial charge in [-0.25, -0.2) is 0 Å². The maximum absolute atomic E-state index is 11.4. The van der Waals surface area contributed by atoms with Crippen LogP contribution in [0.4, 0.5) is 11.4 Å². The highest BCUT2D eigenvalue weighted by Crippen LogP contribution is 2.33. The van der Waals surface area contributed by atoms with E-state index in [2.05, 4.69) is 0 Å². The van der Waals surface area contributed by atoms with Crippen LogP contribution in [-0.2, 0) is 4.79 Å². The first-order valence-corrected chi connectivity index (χ1v) is 5.29. The molecule has 1 rings (SSSR count). The standard InChI is InChI=1S/C11H14N2O4/c1-2-3-7-10(14)17-11-8(12)5-4-6-9(11)13(15)16/h4-6H,2-3,7,12H2,1H3. The topological polar surface area (TPSA) is 95.5 Å². The van der Waals surface area contributed by atoms with Gasteiger partial charge in [0.2, 0.25) is 5.75 Å². The van der Waals surface area contributed by atoms with E-state index in [1.165, 1.54) is 18.2 Å². The van der Waals surface area contributed by atoms with Gasteiger partial charge in [0.05, 0.1) is 10.6 Å². The second-order valence-electron chi connectivity index (χ2n) is 3.53. The van der Waals surface area contributed by atoms with Crippen molar-refractivity contribution in [2.24, 2.45) is 0 Å². The SMILES string of the molecule is CCCCC(=O)Oc1c(N)cccc1[N+](=O)[O-]. The summed E-state index contributed by atoms with van der Waals surface area (Å²) in [7, 11) is 0. The molecule has 0 unspecified atom stereocenters. The van der Waals surface area contributed by atoms with E-state index in [1.54, 1.807) is 0 Å². The van der Waals surface area contributed by atoms with Crippen molar-refractivity contribution < 1.29 is 14.5 Å².